The molecule has 0 aliphatic carbocycles. The summed E-state index contributed by atoms with van der Waals surface area (Å²) >= 11 is 0. The Balaban J connectivity index is 2.02. The Morgan fingerprint density at radius 2 is 1.55 bits per heavy atom. The minimum atomic E-state index is 0.492. The van der Waals surface area contributed by atoms with E-state index >= 15 is 0 Å². The van der Waals surface area contributed by atoms with Crippen LogP contribution < -0.4 is 5.46 Å². The van der Waals surface area contributed by atoms with Gasteiger partial charge in [-0.25, -0.2) is 0 Å². The number of benzene rings is 2. The summed E-state index contributed by atoms with van der Waals surface area (Å²) in [6.07, 6.45) is 3.33. The van der Waals surface area contributed by atoms with Crippen LogP contribution in [-0.4, -0.2) is 7.85 Å². The molecule has 0 amide bonds. The Hall–Kier alpha value is -1.50. The van der Waals surface area contributed by atoms with Crippen molar-refractivity contribution >= 4 is 13.3 Å². The van der Waals surface area contributed by atoms with Crippen LogP contribution in [0.4, 0.5) is 0 Å². The van der Waals surface area contributed by atoms with Crippen molar-refractivity contribution in [3.63, 3.8) is 0 Å². The SMILES string of the molecule is [B]c1c(CCCc2ccccc2C)cccc1C(C)C. The second-order valence-corrected chi connectivity index (χ2v) is 5.85. The largest absolute Gasteiger partial charge is 0.114 e. The van der Waals surface area contributed by atoms with Crippen LogP contribution in [0.2, 0.25) is 0 Å². The Morgan fingerprint density at radius 1 is 0.900 bits per heavy atom. The molecule has 2 aromatic rings. The van der Waals surface area contributed by atoms with E-state index in [-0.39, 0.29) is 0 Å². The maximum atomic E-state index is 6.29. The average Bonchev–Trinajstić information content (AvgIpc) is 2.42. The summed E-state index contributed by atoms with van der Waals surface area (Å²) in [5, 5.41) is 0. The highest BCUT2D eigenvalue weighted by Gasteiger charge is 2.06. The van der Waals surface area contributed by atoms with Gasteiger partial charge in [0.15, 0.2) is 0 Å². The molecule has 0 aliphatic rings. The predicted octanol–water partition coefficient (Wildman–Crippen LogP) is 4.09. The minimum absolute atomic E-state index is 0.492. The van der Waals surface area contributed by atoms with E-state index in [0.29, 0.717) is 5.92 Å². The normalized spacial score (nSPS) is 11.0. The zero-order valence-corrected chi connectivity index (χ0v) is 12.8. The zero-order valence-electron chi connectivity index (χ0n) is 12.8. The van der Waals surface area contributed by atoms with E-state index in [0.717, 1.165) is 24.7 Å². The van der Waals surface area contributed by atoms with E-state index < -0.39 is 0 Å². The summed E-state index contributed by atoms with van der Waals surface area (Å²) in [7, 11) is 6.29. The summed E-state index contributed by atoms with van der Waals surface area (Å²) < 4.78 is 0. The standard InChI is InChI=1S/C19H23B/c1-14(2)18-13-7-12-17(19(18)20)11-6-10-16-9-5-4-8-15(16)3/h4-5,7-9,12-14H,6,10-11H2,1-3H3. The summed E-state index contributed by atoms with van der Waals surface area (Å²) in [6, 6.07) is 15.1. The highest BCUT2D eigenvalue weighted by molar-refractivity contribution is 6.34. The molecule has 2 radical (unpaired) electrons. The fourth-order valence-corrected chi connectivity index (χ4v) is 2.71. The fourth-order valence-electron chi connectivity index (χ4n) is 2.71. The lowest BCUT2D eigenvalue weighted by molar-refractivity contribution is 0.813. The average molecular weight is 262 g/mol. The lowest BCUT2D eigenvalue weighted by Gasteiger charge is -2.14. The van der Waals surface area contributed by atoms with Crippen LogP contribution in [0.5, 0.6) is 0 Å². The quantitative estimate of drug-likeness (QED) is 0.712. The van der Waals surface area contributed by atoms with Gasteiger partial charge in [0.25, 0.3) is 0 Å². The zero-order chi connectivity index (χ0) is 14.5. The molecule has 0 aromatic heterocycles. The molecule has 0 spiro atoms. The molecular formula is C19H23B. The van der Waals surface area contributed by atoms with Gasteiger partial charge in [0, 0.05) is 0 Å². The van der Waals surface area contributed by atoms with Crippen LogP contribution in [-0.2, 0) is 12.8 Å². The van der Waals surface area contributed by atoms with Gasteiger partial charge in [0.05, 0.1) is 0 Å². The first-order valence-electron chi connectivity index (χ1n) is 7.51. The molecule has 2 aromatic carbocycles. The Bertz CT molecular complexity index is 570. The molecule has 0 aliphatic heterocycles. The molecule has 0 saturated carbocycles. The highest BCUT2D eigenvalue weighted by Crippen LogP contribution is 2.15. The molecule has 102 valence electrons. The molecule has 0 fully saturated rings. The minimum Gasteiger partial charge on any atom is -0.0901 e. The molecule has 0 nitrogen and oxygen atoms in total. The van der Waals surface area contributed by atoms with E-state index in [4.69, 9.17) is 7.85 Å². The van der Waals surface area contributed by atoms with Crippen LogP contribution in [0, 0.1) is 6.92 Å². The van der Waals surface area contributed by atoms with Gasteiger partial charge in [-0.3, -0.25) is 0 Å². The van der Waals surface area contributed by atoms with Crippen LogP contribution in [0.25, 0.3) is 0 Å². The summed E-state index contributed by atoms with van der Waals surface area (Å²) in [5.74, 6) is 0.492. The Morgan fingerprint density at radius 3 is 2.25 bits per heavy atom. The van der Waals surface area contributed by atoms with Gasteiger partial charge in [-0.15, -0.1) is 0 Å². The van der Waals surface area contributed by atoms with Gasteiger partial charge >= 0.3 is 0 Å². The second kappa shape index (κ2) is 6.79. The van der Waals surface area contributed by atoms with Gasteiger partial charge in [-0.05, 0) is 43.2 Å². The molecule has 1 heteroatoms. The number of hydrogen-bond acceptors (Lipinski definition) is 0. The molecule has 20 heavy (non-hydrogen) atoms. The predicted molar refractivity (Wildman–Crippen MR) is 89.1 cm³/mol. The third kappa shape index (κ3) is 3.53. The Labute approximate surface area is 124 Å². The monoisotopic (exact) mass is 262 g/mol. The van der Waals surface area contributed by atoms with Crippen LogP contribution in [0.1, 0.15) is 48.4 Å². The first-order chi connectivity index (χ1) is 9.59. The Kier molecular flexibility index (Phi) is 5.06. The van der Waals surface area contributed by atoms with Crippen LogP contribution >= 0.6 is 0 Å². The van der Waals surface area contributed by atoms with E-state index in [9.17, 15) is 0 Å². The molecule has 0 atom stereocenters. The second-order valence-electron chi connectivity index (χ2n) is 5.85. The summed E-state index contributed by atoms with van der Waals surface area (Å²) in [4.78, 5) is 0. The van der Waals surface area contributed by atoms with Gasteiger partial charge in [-0.2, -0.15) is 0 Å². The molecule has 0 bridgehead atoms. The maximum absolute atomic E-state index is 6.29. The summed E-state index contributed by atoms with van der Waals surface area (Å²) in [5.41, 5.74) is 6.40. The smallest absolute Gasteiger partial charge is 0.0901 e. The van der Waals surface area contributed by atoms with Crippen molar-refractivity contribution in [2.45, 2.75) is 46.0 Å². The third-order valence-electron chi connectivity index (χ3n) is 4.01. The van der Waals surface area contributed by atoms with Crippen molar-refractivity contribution in [2.24, 2.45) is 0 Å². The maximum Gasteiger partial charge on any atom is 0.114 e. The summed E-state index contributed by atoms with van der Waals surface area (Å²) in [6.45, 7) is 6.58. The number of hydrogen-bond donors (Lipinski definition) is 0. The topological polar surface area (TPSA) is 0 Å². The molecule has 0 unspecified atom stereocenters. The highest BCUT2D eigenvalue weighted by atomic mass is 14.1. The van der Waals surface area contributed by atoms with E-state index in [2.05, 4.69) is 63.2 Å². The fraction of sp³-hybridized carbons (Fsp3) is 0.368. The van der Waals surface area contributed by atoms with Crippen molar-refractivity contribution in [3.8, 4) is 0 Å². The van der Waals surface area contributed by atoms with Crippen molar-refractivity contribution in [2.75, 3.05) is 0 Å². The first kappa shape index (κ1) is 14.9. The molecule has 0 N–H and O–H groups in total. The first-order valence-corrected chi connectivity index (χ1v) is 7.51. The van der Waals surface area contributed by atoms with E-state index in [1.165, 1.54) is 22.3 Å². The van der Waals surface area contributed by atoms with E-state index in [1.807, 2.05) is 0 Å². The van der Waals surface area contributed by atoms with Crippen molar-refractivity contribution < 1.29 is 0 Å². The van der Waals surface area contributed by atoms with Gasteiger partial charge in [-0.1, -0.05) is 72.9 Å². The molecule has 2 rings (SSSR count). The van der Waals surface area contributed by atoms with Crippen molar-refractivity contribution in [3.05, 3.63) is 64.7 Å². The molecular weight excluding hydrogens is 239 g/mol. The number of aryl methyl sites for hydroxylation is 3. The van der Waals surface area contributed by atoms with Gasteiger partial charge in [0.1, 0.15) is 7.85 Å². The number of rotatable bonds is 5. The molecule has 0 heterocycles. The van der Waals surface area contributed by atoms with Crippen molar-refractivity contribution in [1.29, 1.82) is 0 Å². The molecule has 0 saturated heterocycles. The van der Waals surface area contributed by atoms with Gasteiger partial charge in [0.2, 0.25) is 0 Å². The third-order valence-corrected chi connectivity index (χ3v) is 4.01. The van der Waals surface area contributed by atoms with Crippen LogP contribution in [0.3, 0.4) is 0 Å². The van der Waals surface area contributed by atoms with Gasteiger partial charge < -0.3 is 0 Å². The lowest BCUT2D eigenvalue weighted by atomic mass is 9.80. The lowest BCUT2D eigenvalue weighted by Crippen LogP contribution is -2.17. The van der Waals surface area contributed by atoms with Crippen molar-refractivity contribution in [1.82, 2.24) is 0 Å². The van der Waals surface area contributed by atoms with E-state index in [1.54, 1.807) is 0 Å². The van der Waals surface area contributed by atoms with Crippen LogP contribution in [0.15, 0.2) is 42.5 Å².